The van der Waals surface area contributed by atoms with Crippen molar-refractivity contribution in [3.63, 3.8) is 0 Å². The molecule has 1 spiro atoms. The Morgan fingerprint density at radius 2 is 1.15 bits per heavy atom. The van der Waals surface area contributed by atoms with Gasteiger partial charge in [-0.1, -0.05) is 166 Å². The predicted octanol–water partition coefficient (Wildman–Crippen LogP) is 14.6. The van der Waals surface area contributed by atoms with Gasteiger partial charge in [-0.15, -0.1) is 0 Å². The highest BCUT2D eigenvalue weighted by Gasteiger charge is 2.53. The SMILES string of the molecule is CC1(C)c2ccccc2C2(c3ccc(-c4ccc5cc6ccccc6cc5c4)cc3-c3c(-c4cc(C5=CC=CCC5)nc(C5=CCCC=C5)n4)cccc32)c2ccccc21. The average Bonchev–Trinajstić information content (AvgIpc) is 3.61. The molecule has 0 bridgehead atoms. The van der Waals surface area contributed by atoms with Gasteiger partial charge in [0.25, 0.3) is 0 Å². The van der Waals surface area contributed by atoms with Crippen molar-refractivity contribution in [3.05, 3.63) is 227 Å². The number of fused-ring (bicyclic) bond motifs is 11. The quantitative estimate of drug-likeness (QED) is 0.167. The van der Waals surface area contributed by atoms with Crippen LogP contribution in [0.4, 0.5) is 0 Å². The van der Waals surface area contributed by atoms with Crippen LogP contribution in [-0.2, 0) is 10.8 Å². The van der Waals surface area contributed by atoms with E-state index in [1.54, 1.807) is 0 Å². The van der Waals surface area contributed by atoms with Gasteiger partial charge >= 0.3 is 0 Å². The lowest BCUT2D eigenvalue weighted by molar-refractivity contribution is 0.563. The molecular formula is C58H44N2. The zero-order chi connectivity index (χ0) is 40.0. The van der Waals surface area contributed by atoms with E-state index >= 15 is 0 Å². The Kier molecular flexibility index (Phi) is 7.78. The molecule has 2 nitrogen and oxygen atoms in total. The summed E-state index contributed by atoms with van der Waals surface area (Å²) in [5, 5.41) is 5.03. The molecule has 60 heavy (non-hydrogen) atoms. The van der Waals surface area contributed by atoms with Crippen molar-refractivity contribution in [1.82, 2.24) is 9.97 Å². The zero-order valence-corrected chi connectivity index (χ0v) is 34.0. The minimum Gasteiger partial charge on any atom is -0.228 e. The number of allylic oxidation sites excluding steroid dienone is 8. The molecule has 0 unspecified atom stereocenters. The molecule has 0 N–H and O–H groups in total. The summed E-state index contributed by atoms with van der Waals surface area (Å²) >= 11 is 0. The van der Waals surface area contributed by atoms with Crippen LogP contribution in [0.2, 0.25) is 0 Å². The number of benzene rings is 7. The highest BCUT2D eigenvalue weighted by atomic mass is 14.9. The fourth-order valence-corrected chi connectivity index (χ4v) is 10.9. The van der Waals surface area contributed by atoms with Gasteiger partial charge in [0.1, 0.15) is 0 Å². The third-order valence-electron chi connectivity index (χ3n) is 13.8. The molecule has 1 heterocycles. The van der Waals surface area contributed by atoms with E-state index in [1.165, 1.54) is 82.8 Å². The van der Waals surface area contributed by atoms with Crippen LogP contribution < -0.4 is 0 Å². The molecule has 4 aliphatic rings. The fourth-order valence-electron chi connectivity index (χ4n) is 10.9. The molecule has 286 valence electrons. The number of aromatic nitrogens is 2. The summed E-state index contributed by atoms with van der Waals surface area (Å²) in [5.74, 6) is 0.798. The first-order chi connectivity index (χ1) is 29.5. The lowest BCUT2D eigenvalue weighted by atomic mass is 9.55. The minimum atomic E-state index is -0.520. The summed E-state index contributed by atoms with van der Waals surface area (Å²) in [5.41, 5.74) is 17.8. The third kappa shape index (κ3) is 5.13. The first kappa shape index (κ1) is 35.1. The van der Waals surface area contributed by atoms with Crippen LogP contribution in [0.1, 0.15) is 84.4 Å². The summed E-state index contributed by atoms with van der Waals surface area (Å²) in [6, 6.07) is 55.2. The monoisotopic (exact) mass is 768 g/mol. The van der Waals surface area contributed by atoms with Gasteiger partial charge in [-0.25, -0.2) is 9.97 Å². The number of hydrogen-bond donors (Lipinski definition) is 0. The molecule has 0 saturated carbocycles. The van der Waals surface area contributed by atoms with Crippen molar-refractivity contribution in [2.24, 2.45) is 0 Å². The molecule has 4 aliphatic carbocycles. The number of rotatable bonds is 4. The Labute approximate surface area is 352 Å². The van der Waals surface area contributed by atoms with Gasteiger partial charge < -0.3 is 0 Å². The van der Waals surface area contributed by atoms with Crippen LogP contribution >= 0.6 is 0 Å². The molecule has 7 aromatic carbocycles. The van der Waals surface area contributed by atoms with E-state index in [-0.39, 0.29) is 5.41 Å². The van der Waals surface area contributed by atoms with E-state index in [4.69, 9.17) is 9.97 Å². The van der Waals surface area contributed by atoms with Gasteiger partial charge in [0.15, 0.2) is 5.82 Å². The van der Waals surface area contributed by atoms with Crippen LogP contribution in [0.5, 0.6) is 0 Å². The molecule has 2 heteroatoms. The molecule has 0 amide bonds. The standard InChI is InChI=1S/C58H44N2/c1-57(2)48-23-11-13-25-50(48)58(51-26-14-12-24-49(51)57)47-31-30-43(41-28-29-42-32-39-20-9-10-21-40(39)33-44(42)34-41)35-46(47)55-45(22-15-27-52(55)58)54-36-53(37-16-5-3-6-17-37)59-56(60-54)38-18-7-4-8-19-38/h3,5,7,9-16,18-36H,4,6,8,17H2,1-2H3. The maximum Gasteiger partial charge on any atom is 0.160 e. The van der Waals surface area contributed by atoms with E-state index in [0.29, 0.717) is 0 Å². The maximum absolute atomic E-state index is 5.48. The van der Waals surface area contributed by atoms with Crippen LogP contribution in [0.15, 0.2) is 182 Å². The second-order valence-corrected chi connectivity index (χ2v) is 17.5. The van der Waals surface area contributed by atoms with Crippen molar-refractivity contribution in [1.29, 1.82) is 0 Å². The topological polar surface area (TPSA) is 25.8 Å². The summed E-state index contributed by atoms with van der Waals surface area (Å²) in [7, 11) is 0. The second kappa shape index (κ2) is 13.3. The highest BCUT2D eigenvalue weighted by molar-refractivity contribution is 6.01. The van der Waals surface area contributed by atoms with Crippen LogP contribution in [-0.4, -0.2) is 9.97 Å². The number of hydrogen-bond acceptors (Lipinski definition) is 2. The van der Waals surface area contributed by atoms with Gasteiger partial charge in [0.2, 0.25) is 0 Å². The largest absolute Gasteiger partial charge is 0.228 e. The third-order valence-corrected chi connectivity index (χ3v) is 13.8. The molecular weight excluding hydrogens is 725 g/mol. The van der Waals surface area contributed by atoms with E-state index < -0.39 is 5.41 Å². The van der Waals surface area contributed by atoms with Crippen LogP contribution in [0.3, 0.4) is 0 Å². The van der Waals surface area contributed by atoms with E-state index in [0.717, 1.165) is 54.0 Å². The first-order valence-corrected chi connectivity index (χ1v) is 21.5. The van der Waals surface area contributed by atoms with Gasteiger partial charge in [-0.3, -0.25) is 0 Å². The van der Waals surface area contributed by atoms with E-state index in [1.807, 2.05) is 0 Å². The van der Waals surface area contributed by atoms with Crippen molar-refractivity contribution in [3.8, 4) is 33.5 Å². The molecule has 8 aromatic rings. The normalized spacial score (nSPS) is 16.6. The lowest BCUT2D eigenvalue weighted by Crippen LogP contribution is -2.40. The molecule has 0 radical (unpaired) electrons. The molecule has 12 rings (SSSR count). The van der Waals surface area contributed by atoms with Crippen LogP contribution in [0.25, 0.3) is 66.2 Å². The minimum absolute atomic E-state index is 0.173. The van der Waals surface area contributed by atoms with Gasteiger partial charge in [0, 0.05) is 16.6 Å². The van der Waals surface area contributed by atoms with Gasteiger partial charge in [-0.2, -0.15) is 0 Å². The Hall–Kier alpha value is -6.90. The van der Waals surface area contributed by atoms with E-state index in [9.17, 15) is 0 Å². The van der Waals surface area contributed by atoms with Crippen molar-refractivity contribution >= 4 is 32.7 Å². The average molecular weight is 769 g/mol. The van der Waals surface area contributed by atoms with Crippen molar-refractivity contribution < 1.29 is 0 Å². The van der Waals surface area contributed by atoms with E-state index in [2.05, 4.69) is 196 Å². The Morgan fingerprint density at radius 1 is 0.483 bits per heavy atom. The van der Waals surface area contributed by atoms with Crippen LogP contribution in [0, 0.1) is 0 Å². The molecule has 0 fully saturated rings. The van der Waals surface area contributed by atoms with Crippen molar-refractivity contribution in [2.45, 2.75) is 50.4 Å². The summed E-state index contributed by atoms with van der Waals surface area (Å²) in [4.78, 5) is 10.7. The predicted molar refractivity (Wildman–Crippen MR) is 250 cm³/mol. The summed E-state index contributed by atoms with van der Waals surface area (Å²) in [6.07, 6.45) is 17.5. The van der Waals surface area contributed by atoms with Gasteiger partial charge in [0.05, 0.1) is 16.8 Å². The Balaban J connectivity index is 1.15. The van der Waals surface area contributed by atoms with Gasteiger partial charge in [-0.05, 0) is 139 Å². The summed E-state index contributed by atoms with van der Waals surface area (Å²) < 4.78 is 0. The fraction of sp³-hybridized carbons (Fsp3) is 0.138. The van der Waals surface area contributed by atoms with Crippen molar-refractivity contribution in [2.75, 3.05) is 0 Å². The lowest BCUT2D eigenvalue weighted by Gasteiger charge is -2.46. The smallest absolute Gasteiger partial charge is 0.160 e. The number of nitrogens with zero attached hydrogens (tertiary/aromatic N) is 2. The second-order valence-electron chi connectivity index (χ2n) is 17.5. The first-order valence-electron chi connectivity index (χ1n) is 21.5. The Bertz CT molecular complexity index is 3190. The highest BCUT2D eigenvalue weighted by Crippen LogP contribution is 2.63. The molecule has 0 saturated heterocycles. The molecule has 1 aromatic heterocycles. The Morgan fingerprint density at radius 3 is 1.88 bits per heavy atom. The summed E-state index contributed by atoms with van der Waals surface area (Å²) in [6.45, 7) is 4.79. The zero-order valence-electron chi connectivity index (χ0n) is 34.0. The molecule has 0 aliphatic heterocycles. The maximum atomic E-state index is 5.48. The molecule has 0 atom stereocenters.